The van der Waals surface area contributed by atoms with Gasteiger partial charge in [-0.2, -0.15) is 0 Å². The minimum atomic E-state index is -0.106. The molecule has 0 radical (unpaired) electrons. The topological polar surface area (TPSA) is 67.5 Å². The summed E-state index contributed by atoms with van der Waals surface area (Å²) in [6.07, 6.45) is 1.66. The Labute approximate surface area is 171 Å². The van der Waals surface area contributed by atoms with Crippen LogP contribution < -0.4 is 5.32 Å². The second kappa shape index (κ2) is 8.92. The first-order chi connectivity index (χ1) is 13.9. The molecular formula is C23H27N3O3. The average Bonchev–Trinajstić information content (AvgIpc) is 3.31. The summed E-state index contributed by atoms with van der Waals surface area (Å²) in [4.78, 5) is 26.5. The Morgan fingerprint density at radius 1 is 1.14 bits per heavy atom. The fraction of sp³-hybridized carbons (Fsp3) is 0.304. The first kappa shape index (κ1) is 20.6. The van der Waals surface area contributed by atoms with E-state index in [2.05, 4.69) is 9.88 Å². The van der Waals surface area contributed by atoms with E-state index in [1.165, 1.54) is 0 Å². The predicted molar refractivity (Wildman–Crippen MR) is 112 cm³/mol. The summed E-state index contributed by atoms with van der Waals surface area (Å²) < 4.78 is 7.54. The number of carbonyl (C=O) groups excluding carboxylic acids is 2. The Balaban J connectivity index is 1.64. The third kappa shape index (κ3) is 4.84. The molecule has 2 heterocycles. The van der Waals surface area contributed by atoms with Crippen LogP contribution in [0.2, 0.25) is 0 Å². The number of carbonyl (C=O) groups is 2. The van der Waals surface area contributed by atoms with Crippen LogP contribution in [0, 0.1) is 13.8 Å². The van der Waals surface area contributed by atoms with Gasteiger partial charge in [0.1, 0.15) is 5.76 Å². The van der Waals surface area contributed by atoms with Crippen LogP contribution in [0.3, 0.4) is 0 Å². The minimum Gasteiger partial charge on any atom is -0.467 e. The van der Waals surface area contributed by atoms with Gasteiger partial charge in [0.25, 0.3) is 5.91 Å². The van der Waals surface area contributed by atoms with Crippen molar-refractivity contribution in [1.29, 1.82) is 0 Å². The number of aromatic nitrogens is 1. The summed E-state index contributed by atoms with van der Waals surface area (Å²) in [5.74, 6) is 0.849. The van der Waals surface area contributed by atoms with Gasteiger partial charge in [-0.05, 0) is 56.8 Å². The molecule has 0 aliphatic carbocycles. The summed E-state index contributed by atoms with van der Waals surface area (Å²) in [6, 6.07) is 13.2. The van der Waals surface area contributed by atoms with Crippen LogP contribution in [0.1, 0.15) is 43.4 Å². The third-order valence-corrected chi connectivity index (χ3v) is 5.08. The molecule has 1 aromatic carbocycles. The molecule has 0 fully saturated rings. The number of furan rings is 1. The number of nitrogens with one attached hydrogen (secondary N) is 1. The van der Waals surface area contributed by atoms with Gasteiger partial charge in [-0.1, -0.05) is 12.1 Å². The molecule has 29 heavy (non-hydrogen) atoms. The maximum atomic E-state index is 12.9. The SMILES string of the molecule is CNC(=O)c1ccc(CN(C)CC(=O)c2cc(C)n(Cc3ccco3)c2C)cc1. The van der Waals surface area contributed by atoms with E-state index in [1.54, 1.807) is 25.4 Å². The van der Waals surface area contributed by atoms with Gasteiger partial charge in [-0.15, -0.1) is 0 Å². The van der Waals surface area contributed by atoms with Crippen LogP contribution >= 0.6 is 0 Å². The number of hydrogen-bond donors (Lipinski definition) is 1. The number of rotatable bonds is 8. The highest BCUT2D eigenvalue weighted by atomic mass is 16.3. The van der Waals surface area contributed by atoms with Gasteiger partial charge < -0.3 is 14.3 Å². The fourth-order valence-electron chi connectivity index (χ4n) is 3.49. The predicted octanol–water partition coefficient (Wildman–Crippen LogP) is 3.42. The Morgan fingerprint density at radius 3 is 2.48 bits per heavy atom. The Kier molecular flexibility index (Phi) is 6.34. The van der Waals surface area contributed by atoms with Gasteiger partial charge in [-0.25, -0.2) is 0 Å². The Bertz CT molecular complexity index is 985. The van der Waals surface area contributed by atoms with Crippen molar-refractivity contribution in [3.63, 3.8) is 0 Å². The quantitative estimate of drug-likeness (QED) is 0.596. The molecule has 0 saturated carbocycles. The lowest BCUT2D eigenvalue weighted by Crippen LogP contribution is -2.26. The van der Waals surface area contributed by atoms with E-state index in [4.69, 9.17) is 4.42 Å². The second-order valence-corrected chi connectivity index (χ2v) is 7.32. The smallest absolute Gasteiger partial charge is 0.251 e. The summed E-state index contributed by atoms with van der Waals surface area (Å²) in [7, 11) is 3.54. The maximum absolute atomic E-state index is 12.9. The van der Waals surface area contributed by atoms with Crippen molar-refractivity contribution in [3.8, 4) is 0 Å². The number of hydrogen-bond acceptors (Lipinski definition) is 4. The molecule has 3 aromatic rings. The van der Waals surface area contributed by atoms with E-state index in [1.807, 2.05) is 56.1 Å². The van der Waals surface area contributed by atoms with Gasteiger partial charge in [0.2, 0.25) is 0 Å². The first-order valence-corrected chi connectivity index (χ1v) is 9.61. The number of nitrogens with zero attached hydrogens (tertiary/aromatic N) is 2. The fourth-order valence-corrected chi connectivity index (χ4v) is 3.49. The van der Waals surface area contributed by atoms with Crippen molar-refractivity contribution < 1.29 is 14.0 Å². The largest absolute Gasteiger partial charge is 0.467 e. The standard InChI is InChI=1S/C23H27N3O3/c1-16-12-21(17(2)26(16)14-20-6-5-11-29-20)22(27)15-25(4)13-18-7-9-19(10-8-18)23(28)24-3/h5-12H,13-15H2,1-4H3,(H,24,28). The third-order valence-electron chi connectivity index (χ3n) is 5.08. The Morgan fingerprint density at radius 2 is 1.86 bits per heavy atom. The van der Waals surface area contributed by atoms with Crippen LogP contribution in [-0.2, 0) is 13.1 Å². The van der Waals surface area contributed by atoms with Gasteiger partial charge >= 0.3 is 0 Å². The average molecular weight is 393 g/mol. The van der Waals surface area contributed by atoms with Crippen LogP contribution in [0.5, 0.6) is 0 Å². The first-order valence-electron chi connectivity index (χ1n) is 9.61. The van der Waals surface area contributed by atoms with Gasteiger partial charge in [-0.3, -0.25) is 14.5 Å². The van der Waals surface area contributed by atoms with Gasteiger partial charge in [0.15, 0.2) is 5.78 Å². The van der Waals surface area contributed by atoms with Gasteiger partial charge in [0, 0.05) is 36.1 Å². The molecule has 1 N–H and O–H groups in total. The molecule has 1 amide bonds. The van der Waals surface area contributed by atoms with Crippen molar-refractivity contribution in [2.45, 2.75) is 26.9 Å². The molecular weight excluding hydrogens is 366 g/mol. The highest BCUT2D eigenvalue weighted by molar-refractivity contribution is 5.99. The van der Waals surface area contributed by atoms with Crippen molar-refractivity contribution in [2.75, 3.05) is 20.6 Å². The van der Waals surface area contributed by atoms with Crippen LogP contribution in [0.15, 0.2) is 53.1 Å². The lowest BCUT2D eigenvalue weighted by molar-refractivity contribution is 0.0940. The van der Waals surface area contributed by atoms with E-state index in [0.717, 1.165) is 28.3 Å². The van der Waals surface area contributed by atoms with E-state index < -0.39 is 0 Å². The molecule has 0 aliphatic rings. The number of aryl methyl sites for hydroxylation is 1. The van der Waals surface area contributed by atoms with E-state index in [9.17, 15) is 9.59 Å². The number of likely N-dealkylation sites (N-methyl/N-ethyl adjacent to an activating group) is 1. The molecule has 0 unspecified atom stereocenters. The number of Topliss-reactive ketones (excluding diaryl/α,β-unsaturated/α-hetero) is 1. The van der Waals surface area contributed by atoms with Crippen LogP contribution in [0.25, 0.3) is 0 Å². The highest BCUT2D eigenvalue weighted by Gasteiger charge is 2.18. The molecule has 0 spiro atoms. The number of benzene rings is 1. The second-order valence-electron chi connectivity index (χ2n) is 7.32. The summed E-state index contributed by atoms with van der Waals surface area (Å²) in [5.41, 5.74) is 4.41. The van der Waals surface area contributed by atoms with Crippen molar-refractivity contribution >= 4 is 11.7 Å². The van der Waals surface area contributed by atoms with Crippen molar-refractivity contribution in [2.24, 2.45) is 0 Å². The van der Waals surface area contributed by atoms with Crippen LogP contribution in [0.4, 0.5) is 0 Å². The lowest BCUT2D eigenvalue weighted by Gasteiger charge is -2.16. The molecule has 0 saturated heterocycles. The zero-order valence-corrected chi connectivity index (χ0v) is 17.4. The van der Waals surface area contributed by atoms with E-state index in [0.29, 0.717) is 25.2 Å². The zero-order valence-electron chi connectivity index (χ0n) is 17.4. The summed E-state index contributed by atoms with van der Waals surface area (Å²) in [5, 5.41) is 2.61. The van der Waals surface area contributed by atoms with Gasteiger partial charge in [0.05, 0.1) is 19.4 Å². The molecule has 152 valence electrons. The minimum absolute atomic E-state index is 0.0910. The summed E-state index contributed by atoms with van der Waals surface area (Å²) >= 11 is 0. The molecule has 6 nitrogen and oxygen atoms in total. The number of ketones is 1. The molecule has 6 heteroatoms. The molecule has 2 aromatic heterocycles. The molecule has 0 bridgehead atoms. The van der Waals surface area contributed by atoms with E-state index >= 15 is 0 Å². The van der Waals surface area contributed by atoms with Crippen LogP contribution in [-0.4, -0.2) is 41.8 Å². The Hall–Kier alpha value is -3.12. The molecule has 3 rings (SSSR count). The molecule has 0 aliphatic heterocycles. The van der Waals surface area contributed by atoms with Crippen molar-refractivity contribution in [3.05, 3.63) is 82.6 Å². The maximum Gasteiger partial charge on any atom is 0.251 e. The van der Waals surface area contributed by atoms with E-state index in [-0.39, 0.29) is 11.7 Å². The van der Waals surface area contributed by atoms with Crippen molar-refractivity contribution in [1.82, 2.24) is 14.8 Å². The lowest BCUT2D eigenvalue weighted by atomic mass is 10.1. The number of amides is 1. The highest BCUT2D eigenvalue weighted by Crippen LogP contribution is 2.18. The monoisotopic (exact) mass is 393 g/mol. The zero-order chi connectivity index (χ0) is 21.0. The summed E-state index contributed by atoms with van der Waals surface area (Å²) in [6.45, 7) is 5.55. The molecule has 0 atom stereocenters. The normalized spacial score (nSPS) is 11.1.